The molecule has 0 unspecified atom stereocenters. The molecule has 0 amide bonds. The summed E-state index contributed by atoms with van der Waals surface area (Å²) in [5, 5.41) is 0. The van der Waals surface area contributed by atoms with Gasteiger partial charge in [-0.15, -0.1) is 11.6 Å². The van der Waals surface area contributed by atoms with Gasteiger partial charge >= 0.3 is 0 Å². The first kappa shape index (κ1) is 13.8. The molecule has 0 radical (unpaired) electrons. The van der Waals surface area contributed by atoms with Crippen LogP contribution in [0.5, 0.6) is 0 Å². The van der Waals surface area contributed by atoms with Crippen molar-refractivity contribution in [1.82, 2.24) is 9.55 Å². The molecule has 2 nitrogen and oxygen atoms in total. The van der Waals surface area contributed by atoms with Crippen LogP contribution in [0.25, 0.3) is 11.0 Å². The molecule has 0 spiro atoms. The Labute approximate surface area is 118 Å². The summed E-state index contributed by atoms with van der Waals surface area (Å²) in [6, 6.07) is 6.39. The zero-order valence-corrected chi connectivity index (χ0v) is 12.5. The third-order valence-corrected chi connectivity index (χ3v) is 4.02. The summed E-state index contributed by atoms with van der Waals surface area (Å²) in [5.41, 5.74) is 3.55. The van der Waals surface area contributed by atoms with Gasteiger partial charge in [-0.1, -0.05) is 6.07 Å². The number of aromatic nitrogens is 2. The van der Waals surface area contributed by atoms with Gasteiger partial charge in [-0.25, -0.2) is 4.98 Å². The average Bonchev–Trinajstić information content (AvgIpc) is 2.72. The van der Waals surface area contributed by atoms with Gasteiger partial charge in [-0.2, -0.15) is 11.8 Å². The number of nitrogens with zero attached hydrogens (tertiary/aromatic N) is 2. The lowest BCUT2D eigenvalue weighted by atomic mass is 10.2. The molecule has 0 saturated heterocycles. The van der Waals surface area contributed by atoms with Crippen molar-refractivity contribution >= 4 is 34.4 Å². The largest absolute Gasteiger partial charge is 0.327 e. The molecular formula is C14H19ClN2S. The highest BCUT2D eigenvalue weighted by Gasteiger charge is 2.09. The quantitative estimate of drug-likeness (QED) is 0.583. The predicted octanol–water partition coefficient (Wildman–Crippen LogP) is 4.23. The van der Waals surface area contributed by atoms with Gasteiger partial charge in [0.05, 0.1) is 16.9 Å². The summed E-state index contributed by atoms with van der Waals surface area (Å²) in [4.78, 5) is 4.60. The number of rotatable bonds is 6. The second-order valence-electron chi connectivity index (χ2n) is 4.51. The molecule has 2 aromatic rings. The monoisotopic (exact) mass is 282 g/mol. The predicted molar refractivity (Wildman–Crippen MR) is 81.6 cm³/mol. The Morgan fingerprint density at radius 2 is 2.17 bits per heavy atom. The van der Waals surface area contributed by atoms with E-state index in [1.165, 1.54) is 29.7 Å². The lowest BCUT2D eigenvalue weighted by Gasteiger charge is -2.07. The van der Waals surface area contributed by atoms with E-state index in [0.717, 1.165) is 17.9 Å². The summed E-state index contributed by atoms with van der Waals surface area (Å²) in [7, 11) is 0. The number of unbranched alkanes of at least 4 members (excludes halogenated alkanes) is 1. The minimum absolute atomic E-state index is 0.482. The molecule has 1 aromatic carbocycles. The van der Waals surface area contributed by atoms with E-state index < -0.39 is 0 Å². The Morgan fingerprint density at radius 1 is 1.33 bits per heavy atom. The molecule has 0 N–H and O–H groups in total. The van der Waals surface area contributed by atoms with Crippen LogP contribution >= 0.6 is 23.4 Å². The molecule has 0 atom stereocenters. The fraction of sp³-hybridized carbons (Fsp3) is 0.500. The maximum Gasteiger partial charge on any atom is 0.124 e. The molecule has 98 valence electrons. The van der Waals surface area contributed by atoms with Crippen molar-refractivity contribution in [2.24, 2.45) is 0 Å². The van der Waals surface area contributed by atoms with E-state index in [1.54, 1.807) is 0 Å². The van der Waals surface area contributed by atoms with Gasteiger partial charge in [0.25, 0.3) is 0 Å². The number of thioether (sulfide) groups is 1. The van der Waals surface area contributed by atoms with Crippen LogP contribution in [-0.2, 0) is 12.4 Å². The van der Waals surface area contributed by atoms with E-state index in [0.29, 0.717) is 5.88 Å². The third-order valence-electron chi connectivity index (χ3n) is 3.08. The van der Waals surface area contributed by atoms with E-state index in [2.05, 4.69) is 40.9 Å². The number of aryl methyl sites for hydroxylation is 2. The highest BCUT2D eigenvalue weighted by atomic mass is 35.5. The minimum Gasteiger partial charge on any atom is -0.327 e. The maximum absolute atomic E-state index is 6.00. The molecule has 0 saturated carbocycles. The van der Waals surface area contributed by atoms with Crippen LogP contribution < -0.4 is 0 Å². The van der Waals surface area contributed by atoms with Crippen molar-refractivity contribution in [1.29, 1.82) is 0 Å². The number of hydrogen-bond donors (Lipinski definition) is 0. The van der Waals surface area contributed by atoms with Crippen LogP contribution in [-0.4, -0.2) is 21.6 Å². The first-order valence-electron chi connectivity index (χ1n) is 6.27. The van der Waals surface area contributed by atoms with Crippen molar-refractivity contribution in [2.75, 3.05) is 12.0 Å². The number of imidazole rings is 1. The van der Waals surface area contributed by atoms with Crippen LogP contribution in [0.1, 0.15) is 24.2 Å². The first-order valence-corrected chi connectivity index (χ1v) is 8.19. The normalized spacial score (nSPS) is 11.3. The molecule has 0 fully saturated rings. The third kappa shape index (κ3) is 3.01. The Morgan fingerprint density at radius 3 is 2.89 bits per heavy atom. The van der Waals surface area contributed by atoms with E-state index in [1.807, 2.05) is 11.8 Å². The van der Waals surface area contributed by atoms with Crippen LogP contribution in [0.4, 0.5) is 0 Å². The van der Waals surface area contributed by atoms with Crippen LogP contribution in [0.2, 0.25) is 0 Å². The van der Waals surface area contributed by atoms with Gasteiger partial charge in [0, 0.05) is 6.54 Å². The summed E-state index contributed by atoms with van der Waals surface area (Å²) in [6.07, 6.45) is 4.58. The molecule has 1 heterocycles. The van der Waals surface area contributed by atoms with Crippen molar-refractivity contribution in [2.45, 2.75) is 32.2 Å². The molecule has 18 heavy (non-hydrogen) atoms. The maximum atomic E-state index is 6.00. The lowest BCUT2D eigenvalue weighted by molar-refractivity contribution is 0.631. The van der Waals surface area contributed by atoms with Crippen LogP contribution in [0, 0.1) is 6.92 Å². The Bertz CT molecular complexity index is 522. The van der Waals surface area contributed by atoms with Gasteiger partial charge in [-0.05, 0) is 49.5 Å². The second kappa shape index (κ2) is 6.48. The Balaban J connectivity index is 2.25. The molecule has 1 aromatic heterocycles. The van der Waals surface area contributed by atoms with Crippen LogP contribution in [0.15, 0.2) is 18.2 Å². The van der Waals surface area contributed by atoms with Crippen molar-refractivity contribution in [3.63, 3.8) is 0 Å². The fourth-order valence-electron chi connectivity index (χ4n) is 2.15. The highest BCUT2D eigenvalue weighted by Crippen LogP contribution is 2.20. The Hall–Kier alpha value is -0.670. The van der Waals surface area contributed by atoms with Gasteiger partial charge in [0.15, 0.2) is 0 Å². The fourth-order valence-corrected chi connectivity index (χ4v) is 2.85. The van der Waals surface area contributed by atoms with E-state index >= 15 is 0 Å². The lowest BCUT2D eigenvalue weighted by Crippen LogP contribution is -2.03. The zero-order valence-electron chi connectivity index (χ0n) is 10.9. The van der Waals surface area contributed by atoms with Crippen molar-refractivity contribution in [3.05, 3.63) is 29.6 Å². The number of benzene rings is 1. The Kier molecular flexibility index (Phi) is 4.95. The number of hydrogen-bond acceptors (Lipinski definition) is 2. The second-order valence-corrected chi connectivity index (χ2v) is 5.76. The van der Waals surface area contributed by atoms with E-state index in [9.17, 15) is 0 Å². The summed E-state index contributed by atoms with van der Waals surface area (Å²) in [6.45, 7) is 3.13. The number of alkyl halides is 1. The molecule has 0 bridgehead atoms. The zero-order chi connectivity index (χ0) is 13.0. The molecule has 0 aliphatic rings. The van der Waals surface area contributed by atoms with Gasteiger partial charge in [-0.3, -0.25) is 0 Å². The summed E-state index contributed by atoms with van der Waals surface area (Å²) < 4.78 is 2.27. The molecule has 2 rings (SSSR count). The van der Waals surface area contributed by atoms with Crippen molar-refractivity contribution < 1.29 is 0 Å². The van der Waals surface area contributed by atoms with E-state index in [-0.39, 0.29) is 0 Å². The standard InChI is InChI=1S/C14H19ClN2S/c1-11-5-6-12-13(9-11)17(14(10-15)16-12)7-3-4-8-18-2/h5-6,9H,3-4,7-8,10H2,1-2H3. The van der Waals surface area contributed by atoms with E-state index in [4.69, 9.17) is 11.6 Å². The smallest absolute Gasteiger partial charge is 0.124 e. The molecule has 0 aliphatic heterocycles. The summed E-state index contributed by atoms with van der Waals surface area (Å²) >= 11 is 7.90. The highest BCUT2D eigenvalue weighted by molar-refractivity contribution is 7.98. The van der Waals surface area contributed by atoms with Gasteiger partial charge in [0.1, 0.15) is 5.82 Å². The topological polar surface area (TPSA) is 17.8 Å². The van der Waals surface area contributed by atoms with Crippen LogP contribution in [0.3, 0.4) is 0 Å². The summed E-state index contributed by atoms with van der Waals surface area (Å²) in [5.74, 6) is 2.69. The minimum atomic E-state index is 0.482. The number of halogens is 1. The molecule has 0 aliphatic carbocycles. The van der Waals surface area contributed by atoms with Gasteiger partial charge in [0.2, 0.25) is 0 Å². The molecular weight excluding hydrogens is 264 g/mol. The average molecular weight is 283 g/mol. The number of fused-ring (bicyclic) bond motifs is 1. The molecule has 4 heteroatoms. The first-order chi connectivity index (χ1) is 8.76. The SMILES string of the molecule is CSCCCCn1c(CCl)nc2ccc(C)cc21. The van der Waals surface area contributed by atoms with Crippen molar-refractivity contribution in [3.8, 4) is 0 Å². The van der Waals surface area contributed by atoms with Gasteiger partial charge < -0.3 is 4.57 Å².